The van der Waals surface area contributed by atoms with E-state index in [9.17, 15) is 0 Å². The molecule has 0 spiro atoms. The molecule has 0 aromatic heterocycles. The molecular formula is C88H86N4. The van der Waals surface area contributed by atoms with Crippen molar-refractivity contribution >= 4 is 68.2 Å². The molecule has 1 aliphatic carbocycles. The summed E-state index contributed by atoms with van der Waals surface area (Å²) in [6.07, 6.45) is 6.15. The van der Waals surface area contributed by atoms with Gasteiger partial charge in [0, 0.05) is 73.7 Å². The first-order valence-corrected chi connectivity index (χ1v) is 32.8. The minimum atomic E-state index is 0.00636. The van der Waals surface area contributed by atoms with Crippen LogP contribution in [0.15, 0.2) is 279 Å². The number of nitrogens with zero attached hydrogens (tertiary/aromatic N) is 4. The molecule has 12 aromatic carbocycles. The summed E-state index contributed by atoms with van der Waals surface area (Å²) < 4.78 is 0. The van der Waals surface area contributed by atoms with Crippen molar-refractivity contribution in [3.8, 4) is 11.1 Å². The first-order valence-electron chi connectivity index (χ1n) is 32.8. The average Bonchev–Trinajstić information content (AvgIpc) is 0.831. The zero-order valence-corrected chi connectivity index (χ0v) is 55.4. The van der Waals surface area contributed by atoms with E-state index in [1.807, 2.05) is 0 Å². The van der Waals surface area contributed by atoms with Crippen molar-refractivity contribution in [1.82, 2.24) is 0 Å². The molecule has 13 rings (SSSR count). The third kappa shape index (κ3) is 13.8. The van der Waals surface area contributed by atoms with Crippen LogP contribution in [0, 0.1) is 69.2 Å². The molecule has 12 aromatic rings. The summed E-state index contributed by atoms with van der Waals surface area (Å²) in [6.45, 7) is 21.6. The van der Waals surface area contributed by atoms with Gasteiger partial charge >= 0.3 is 0 Å². The van der Waals surface area contributed by atoms with Crippen LogP contribution in [0.25, 0.3) is 11.1 Å². The SMILES string of the molecule is Cc1ccc(N(c2ccc(C)cc2)c2ccc(C3(c4ccc(N(c5ccc(C)cc5)c5ccc(C)cc5)cc4)CCCCC3)cc2)cc1.Cc1cccc(N(c2cccc(C)c2)c2ccc(-c3ccc(N(c4cccc(C)c4)c4cccc(C)c4)cc3C)c(C)c2)c1. The van der Waals surface area contributed by atoms with E-state index in [1.165, 1.54) is 144 Å². The highest BCUT2D eigenvalue weighted by Gasteiger charge is 2.36. The first-order chi connectivity index (χ1) is 44.7. The molecule has 4 nitrogen and oxygen atoms in total. The molecule has 1 fully saturated rings. The van der Waals surface area contributed by atoms with Crippen molar-refractivity contribution in [3.05, 3.63) is 346 Å². The van der Waals surface area contributed by atoms with Gasteiger partial charge in [-0.25, -0.2) is 0 Å². The molecule has 4 heteroatoms. The highest BCUT2D eigenvalue weighted by Crippen LogP contribution is 2.48. The fourth-order valence-electron chi connectivity index (χ4n) is 13.6. The maximum absolute atomic E-state index is 2.40. The van der Waals surface area contributed by atoms with Crippen LogP contribution >= 0.6 is 0 Å². The zero-order valence-electron chi connectivity index (χ0n) is 55.4. The van der Waals surface area contributed by atoms with Gasteiger partial charge in [-0.15, -0.1) is 0 Å². The van der Waals surface area contributed by atoms with Crippen molar-refractivity contribution < 1.29 is 0 Å². The largest absolute Gasteiger partial charge is 0.311 e. The van der Waals surface area contributed by atoms with Gasteiger partial charge in [0.05, 0.1) is 0 Å². The Hall–Kier alpha value is -10.2. The summed E-state index contributed by atoms with van der Waals surface area (Å²) in [7, 11) is 0. The molecular weight excluding hydrogens is 1110 g/mol. The van der Waals surface area contributed by atoms with Gasteiger partial charge in [0.15, 0.2) is 0 Å². The predicted molar refractivity (Wildman–Crippen MR) is 395 cm³/mol. The van der Waals surface area contributed by atoms with E-state index in [2.05, 4.69) is 368 Å². The molecule has 1 saturated carbocycles. The Morgan fingerprint density at radius 3 is 0.685 bits per heavy atom. The van der Waals surface area contributed by atoms with Crippen LogP contribution in [-0.2, 0) is 5.41 Å². The third-order valence-corrected chi connectivity index (χ3v) is 18.5. The van der Waals surface area contributed by atoms with Crippen LogP contribution in [0.5, 0.6) is 0 Å². The Kier molecular flexibility index (Phi) is 18.6. The molecule has 0 bridgehead atoms. The molecule has 92 heavy (non-hydrogen) atoms. The normalized spacial score (nSPS) is 12.5. The molecule has 0 atom stereocenters. The Morgan fingerprint density at radius 1 is 0.207 bits per heavy atom. The second-order valence-corrected chi connectivity index (χ2v) is 25.8. The number of aryl methyl sites for hydroxylation is 10. The van der Waals surface area contributed by atoms with E-state index in [0.29, 0.717) is 0 Å². The van der Waals surface area contributed by atoms with Gasteiger partial charge in [-0.1, -0.05) is 175 Å². The molecule has 0 amide bonds. The minimum Gasteiger partial charge on any atom is -0.311 e. The predicted octanol–water partition coefficient (Wildman–Crippen LogP) is 25.3. The molecule has 0 heterocycles. The smallest absolute Gasteiger partial charge is 0.0464 e. The second kappa shape index (κ2) is 27.5. The second-order valence-electron chi connectivity index (χ2n) is 25.8. The molecule has 458 valence electrons. The van der Waals surface area contributed by atoms with Gasteiger partial charge in [0.25, 0.3) is 0 Å². The Labute approximate surface area is 548 Å². The van der Waals surface area contributed by atoms with E-state index in [-0.39, 0.29) is 5.41 Å². The van der Waals surface area contributed by atoms with Crippen LogP contribution in [0.3, 0.4) is 0 Å². The van der Waals surface area contributed by atoms with E-state index >= 15 is 0 Å². The molecule has 0 N–H and O–H groups in total. The van der Waals surface area contributed by atoms with E-state index in [4.69, 9.17) is 0 Å². The maximum Gasteiger partial charge on any atom is 0.0464 e. The summed E-state index contributed by atoms with van der Waals surface area (Å²) in [5.74, 6) is 0. The van der Waals surface area contributed by atoms with Crippen LogP contribution in [0.4, 0.5) is 68.2 Å². The summed E-state index contributed by atoms with van der Waals surface area (Å²) in [6, 6.07) is 103. The standard InChI is InChI=1S/C46H46N2.C42H40N2/c1-34-8-20-40(21-9-34)47(41-22-10-35(2)11-23-41)44-28-16-38(17-29-44)46(32-6-5-7-33-46)39-18-30-45(31-19-39)48(42-24-12-36(3)13-25-42)43-26-14-37(4)15-27-43;1-29-11-7-15-35(23-29)43(36-16-8-12-30(2)24-36)39-19-21-41(33(5)27-39)42-22-20-40(28-34(42)6)44(37-17-9-13-31(3)25-37)38-18-10-14-32(4)26-38/h8-31H,5-7,32-33H2,1-4H3;7-28H,1-6H3. The first kappa shape index (κ1) is 62.1. The lowest BCUT2D eigenvalue weighted by molar-refractivity contribution is 0.346. The van der Waals surface area contributed by atoms with E-state index in [1.54, 1.807) is 0 Å². The van der Waals surface area contributed by atoms with Crippen molar-refractivity contribution in [1.29, 1.82) is 0 Å². The molecule has 0 radical (unpaired) electrons. The molecule has 0 saturated heterocycles. The maximum atomic E-state index is 2.40. The number of anilines is 12. The lowest BCUT2D eigenvalue weighted by Crippen LogP contribution is -2.30. The zero-order chi connectivity index (χ0) is 63.9. The van der Waals surface area contributed by atoms with Crippen molar-refractivity contribution in [2.75, 3.05) is 19.6 Å². The molecule has 1 aliphatic rings. The molecule has 0 aliphatic heterocycles. The average molecular weight is 1200 g/mol. The lowest BCUT2D eigenvalue weighted by Gasteiger charge is -2.39. The fraction of sp³-hybridized carbons (Fsp3) is 0.182. The minimum absolute atomic E-state index is 0.00636. The quantitative estimate of drug-likeness (QED) is 0.101. The van der Waals surface area contributed by atoms with Crippen LogP contribution in [-0.4, -0.2) is 0 Å². The summed E-state index contributed by atoms with van der Waals surface area (Å²) in [5, 5.41) is 0. The van der Waals surface area contributed by atoms with Crippen LogP contribution < -0.4 is 19.6 Å². The summed E-state index contributed by atoms with van der Waals surface area (Å²) >= 11 is 0. The highest BCUT2D eigenvalue weighted by atomic mass is 15.2. The van der Waals surface area contributed by atoms with Crippen molar-refractivity contribution in [3.63, 3.8) is 0 Å². The third-order valence-electron chi connectivity index (χ3n) is 18.5. The Balaban J connectivity index is 0.000000178. The van der Waals surface area contributed by atoms with Gasteiger partial charge < -0.3 is 19.6 Å². The number of hydrogen-bond donors (Lipinski definition) is 0. The van der Waals surface area contributed by atoms with Gasteiger partial charge in [-0.2, -0.15) is 0 Å². The van der Waals surface area contributed by atoms with E-state index < -0.39 is 0 Å². The van der Waals surface area contributed by atoms with Gasteiger partial charge in [0.1, 0.15) is 0 Å². The molecule has 0 unspecified atom stereocenters. The fourth-order valence-corrected chi connectivity index (χ4v) is 13.6. The van der Waals surface area contributed by atoms with Gasteiger partial charge in [-0.3, -0.25) is 0 Å². The number of benzene rings is 12. The number of hydrogen-bond acceptors (Lipinski definition) is 4. The van der Waals surface area contributed by atoms with Gasteiger partial charge in [0.2, 0.25) is 0 Å². The Morgan fingerprint density at radius 2 is 0.435 bits per heavy atom. The summed E-state index contributed by atoms with van der Waals surface area (Å²) in [5.41, 5.74) is 31.9. The monoisotopic (exact) mass is 1200 g/mol. The van der Waals surface area contributed by atoms with E-state index in [0.717, 1.165) is 34.1 Å². The lowest BCUT2D eigenvalue weighted by atomic mass is 9.65. The Bertz CT molecular complexity index is 3990. The highest BCUT2D eigenvalue weighted by molar-refractivity contribution is 5.84. The van der Waals surface area contributed by atoms with Crippen LogP contribution in [0.1, 0.15) is 98.9 Å². The van der Waals surface area contributed by atoms with Crippen molar-refractivity contribution in [2.45, 2.75) is 107 Å². The topological polar surface area (TPSA) is 13.0 Å². The van der Waals surface area contributed by atoms with Gasteiger partial charge in [-0.05, 0) is 283 Å². The van der Waals surface area contributed by atoms with Crippen molar-refractivity contribution in [2.24, 2.45) is 0 Å². The summed E-state index contributed by atoms with van der Waals surface area (Å²) in [4.78, 5) is 9.45. The number of rotatable bonds is 15. The van der Waals surface area contributed by atoms with Crippen LogP contribution in [0.2, 0.25) is 0 Å².